The van der Waals surface area contributed by atoms with Gasteiger partial charge in [0.25, 0.3) is 0 Å². The maximum atomic E-state index is 13.5. The molecule has 216 valence electrons. The first-order valence-electron chi connectivity index (χ1n) is 13.2. The van der Waals surface area contributed by atoms with Gasteiger partial charge in [0.15, 0.2) is 9.84 Å². The summed E-state index contributed by atoms with van der Waals surface area (Å²) in [5.41, 5.74) is 2.49. The molecule has 4 aromatic rings. The average Bonchev–Trinajstić information content (AvgIpc) is 3.55. The minimum atomic E-state index is -4.41. The van der Waals surface area contributed by atoms with E-state index < -0.39 is 22.6 Å². The summed E-state index contributed by atoms with van der Waals surface area (Å²) < 4.78 is 71.6. The predicted molar refractivity (Wildman–Crippen MR) is 151 cm³/mol. The fraction of sp³-hybridized carbons (Fsp3) is 0.345. The number of aromatic nitrogens is 2. The van der Waals surface area contributed by atoms with Crippen molar-refractivity contribution in [2.45, 2.75) is 42.3 Å². The van der Waals surface area contributed by atoms with Crippen LogP contribution in [0.5, 0.6) is 0 Å². The second-order valence-electron chi connectivity index (χ2n) is 10.1. The number of piperidine rings is 1. The van der Waals surface area contributed by atoms with Gasteiger partial charge in [0.05, 0.1) is 28.3 Å². The number of benzene rings is 2. The van der Waals surface area contributed by atoms with Gasteiger partial charge in [-0.3, -0.25) is 0 Å². The molecule has 0 radical (unpaired) electrons. The Kier molecular flexibility index (Phi) is 8.28. The minimum Gasteiger partial charge on any atom is -0.382 e. The van der Waals surface area contributed by atoms with Crippen molar-refractivity contribution in [2.24, 2.45) is 0 Å². The summed E-state index contributed by atoms with van der Waals surface area (Å²) in [7, 11) is -1.51. The lowest BCUT2D eigenvalue weighted by molar-refractivity contribution is -0.140. The van der Waals surface area contributed by atoms with Crippen LogP contribution in [0.25, 0.3) is 10.9 Å². The molecule has 12 heteroatoms. The zero-order chi connectivity index (χ0) is 29.0. The Labute approximate surface area is 236 Å². The number of hydrogen-bond acceptors (Lipinski definition) is 7. The summed E-state index contributed by atoms with van der Waals surface area (Å²) in [5.74, 6) is 5.53. The van der Waals surface area contributed by atoms with Gasteiger partial charge in [-0.1, -0.05) is 17.1 Å². The summed E-state index contributed by atoms with van der Waals surface area (Å²) in [5, 5.41) is 10.9. The number of nitrogens with one attached hydrogen (secondary N) is 2. The van der Waals surface area contributed by atoms with Gasteiger partial charge in [0, 0.05) is 28.9 Å². The van der Waals surface area contributed by atoms with Crippen LogP contribution in [0.3, 0.4) is 0 Å². The molecule has 8 nitrogen and oxygen atoms in total. The van der Waals surface area contributed by atoms with Crippen LogP contribution in [0.1, 0.15) is 24.2 Å². The van der Waals surface area contributed by atoms with Crippen LogP contribution in [0.4, 0.5) is 24.5 Å². The number of halogens is 3. The van der Waals surface area contributed by atoms with Crippen LogP contribution in [-0.4, -0.2) is 61.9 Å². The van der Waals surface area contributed by atoms with E-state index in [4.69, 9.17) is 4.52 Å². The molecule has 0 amide bonds. The monoisotopic (exact) mass is 585 g/mol. The molecule has 1 saturated heterocycles. The quantitative estimate of drug-likeness (QED) is 0.277. The number of sulfone groups is 1. The molecule has 1 aliphatic rings. The first kappa shape index (κ1) is 28.6. The molecule has 0 bridgehead atoms. The maximum Gasteiger partial charge on any atom is 0.406 e. The van der Waals surface area contributed by atoms with E-state index in [2.05, 4.69) is 39.6 Å². The van der Waals surface area contributed by atoms with E-state index in [1.807, 2.05) is 6.07 Å². The Morgan fingerprint density at radius 2 is 1.85 bits per heavy atom. The van der Waals surface area contributed by atoms with Crippen molar-refractivity contribution in [1.29, 1.82) is 0 Å². The zero-order valence-corrected chi connectivity index (χ0v) is 23.2. The second kappa shape index (κ2) is 11.9. The number of anilines is 2. The van der Waals surface area contributed by atoms with E-state index in [0.29, 0.717) is 22.3 Å². The van der Waals surface area contributed by atoms with E-state index in [-0.39, 0.29) is 28.9 Å². The lowest BCUT2D eigenvalue weighted by Crippen LogP contribution is -2.36. The molecule has 0 atom stereocenters. The summed E-state index contributed by atoms with van der Waals surface area (Å²) in [4.78, 5) is 2.40. The van der Waals surface area contributed by atoms with Crippen LogP contribution >= 0.6 is 0 Å². The van der Waals surface area contributed by atoms with E-state index in [1.54, 1.807) is 30.3 Å². The van der Waals surface area contributed by atoms with Gasteiger partial charge in [0.2, 0.25) is 0 Å². The lowest BCUT2D eigenvalue weighted by Gasteiger charge is -2.30. The molecule has 3 heterocycles. The van der Waals surface area contributed by atoms with Gasteiger partial charge in [-0.25, -0.2) is 8.42 Å². The Morgan fingerprint density at radius 3 is 2.54 bits per heavy atom. The Bertz CT molecular complexity index is 1650. The number of fused-ring (bicyclic) bond motifs is 1. The van der Waals surface area contributed by atoms with Gasteiger partial charge in [-0.05, 0) is 81.4 Å². The predicted octanol–water partition coefficient (Wildman–Crippen LogP) is 5.14. The maximum absolute atomic E-state index is 13.5. The molecule has 0 unspecified atom stereocenters. The van der Waals surface area contributed by atoms with Crippen molar-refractivity contribution in [3.05, 3.63) is 72.2 Å². The fourth-order valence-corrected chi connectivity index (χ4v) is 6.14. The molecule has 2 aromatic carbocycles. The molecule has 0 spiro atoms. The molecule has 5 rings (SSSR count). The highest BCUT2D eigenvalue weighted by atomic mass is 32.2. The zero-order valence-electron chi connectivity index (χ0n) is 22.4. The standard InChI is InChI=1S/C29H30F3N5O3S/c1-36-15-11-22(12-16-36)34-27-5-2-6-28-26(27)18-24(37(28)20-29(30,31)32)4-3-14-33-21-7-9-25(10-8-21)41(38,39)19-23-13-17-40-35-23/h2,5-10,13,17-18,22,33-34H,11-12,14-16,19-20H2,1H3. The van der Waals surface area contributed by atoms with Crippen molar-refractivity contribution in [3.8, 4) is 11.8 Å². The van der Waals surface area contributed by atoms with Gasteiger partial charge in [0.1, 0.15) is 18.6 Å². The number of alkyl halides is 3. The topological polar surface area (TPSA) is 92.4 Å². The summed E-state index contributed by atoms with van der Waals surface area (Å²) in [6.45, 7) is 0.941. The van der Waals surface area contributed by atoms with Crippen LogP contribution < -0.4 is 10.6 Å². The van der Waals surface area contributed by atoms with Crippen molar-refractivity contribution in [2.75, 3.05) is 37.3 Å². The normalized spacial score (nSPS) is 15.0. The molecule has 0 saturated carbocycles. The average molecular weight is 586 g/mol. The summed E-state index contributed by atoms with van der Waals surface area (Å²) >= 11 is 0. The molecule has 1 fully saturated rings. The SMILES string of the molecule is CN1CCC(Nc2cccc3c2cc(C#CCNc2ccc(S(=O)(=O)Cc4ccon4)cc2)n3CC(F)(F)F)CC1. The van der Waals surface area contributed by atoms with Crippen LogP contribution in [0.2, 0.25) is 0 Å². The van der Waals surface area contributed by atoms with E-state index in [1.165, 1.54) is 29.0 Å². The Balaban J connectivity index is 1.31. The molecule has 0 aliphatic carbocycles. The largest absolute Gasteiger partial charge is 0.406 e. The second-order valence-corrected chi connectivity index (χ2v) is 12.1. The number of likely N-dealkylation sites (tertiary alicyclic amines) is 1. The van der Waals surface area contributed by atoms with E-state index >= 15 is 0 Å². The van der Waals surface area contributed by atoms with E-state index in [9.17, 15) is 21.6 Å². The van der Waals surface area contributed by atoms with Crippen molar-refractivity contribution in [3.63, 3.8) is 0 Å². The first-order valence-corrected chi connectivity index (χ1v) is 14.8. The molecular formula is C29H30F3N5O3S. The molecule has 2 N–H and O–H groups in total. The van der Waals surface area contributed by atoms with Crippen LogP contribution in [-0.2, 0) is 22.1 Å². The highest BCUT2D eigenvalue weighted by Gasteiger charge is 2.30. The van der Waals surface area contributed by atoms with Crippen molar-refractivity contribution >= 4 is 32.1 Å². The lowest BCUT2D eigenvalue weighted by atomic mass is 10.0. The van der Waals surface area contributed by atoms with Gasteiger partial charge >= 0.3 is 6.18 Å². The number of rotatable bonds is 8. The summed E-state index contributed by atoms with van der Waals surface area (Å²) in [6, 6.07) is 15.0. The van der Waals surface area contributed by atoms with Gasteiger partial charge < -0.3 is 24.6 Å². The highest BCUT2D eigenvalue weighted by Crippen LogP contribution is 2.31. The molecule has 41 heavy (non-hydrogen) atoms. The minimum absolute atomic E-state index is 0.137. The Hall–Kier alpha value is -3.95. The third kappa shape index (κ3) is 7.23. The van der Waals surface area contributed by atoms with Gasteiger partial charge in [-0.15, -0.1) is 0 Å². The molecule has 1 aliphatic heterocycles. The Morgan fingerprint density at radius 1 is 1.10 bits per heavy atom. The van der Waals surface area contributed by atoms with Gasteiger partial charge in [-0.2, -0.15) is 13.2 Å². The molecular weight excluding hydrogens is 555 g/mol. The first-order chi connectivity index (χ1) is 19.6. The van der Waals surface area contributed by atoms with Crippen molar-refractivity contribution < 1.29 is 26.1 Å². The smallest absolute Gasteiger partial charge is 0.382 e. The summed E-state index contributed by atoms with van der Waals surface area (Å²) in [6.07, 6.45) is -1.17. The third-order valence-corrected chi connectivity index (χ3v) is 8.67. The third-order valence-electron chi connectivity index (χ3n) is 7.00. The van der Waals surface area contributed by atoms with E-state index in [0.717, 1.165) is 31.6 Å². The van der Waals surface area contributed by atoms with Crippen molar-refractivity contribution in [1.82, 2.24) is 14.6 Å². The molecule has 2 aromatic heterocycles. The van der Waals surface area contributed by atoms with Crippen LogP contribution in [0.15, 0.2) is 70.3 Å². The number of nitrogens with zero attached hydrogens (tertiary/aromatic N) is 3. The number of hydrogen-bond donors (Lipinski definition) is 2. The fourth-order valence-electron chi connectivity index (χ4n) is 4.89. The van der Waals surface area contributed by atoms with Crippen LogP contribution in [0, 0.1) is 11.8 Å². The highest BCUT2D eigenvalue weighted by molar-refractivity contribution is 7.90.